The fraction of sp³-hybridized carbons (Fsp3) is 0.632. The van der Waals surface area contributed by atoms with Gasteiger partial charge < -0.3 is 15.4 Å². The lowest BCUT2D eigenvalue weighted by Gasteiger charge is -2.30. The number of methoxy groups -OCH3 is 1. The summed E-state index contributed by atoms with van der Waals surface area (Å²) >= 11 is 0. The Morgan fingerprint density at radius 3 is 2.71 bits per heavy atom. The van der Waals surface area contributed by atoms with Crippen molar-refractivity contribution >= 4 is 41.8 Å². The molecule has 2 N–H and O–H groups in total. The van der Waals surface area contributed by atoms with Gasteiger partial charge in [0.05, 0.1) is 12.5 Å². The van der Waals surface area contributed by atoms with E-state index in [9.17, 15) is 4.79 Å². The molecule has 0 saturated carbocycles. The molecule has 158 valence electrons. The largest absolute Gasteiger partial charge is 0.479 e. The van der Waals surface area contributed by atoms with Crippen molar-refractivity contribution in [3.63, 3.8) is 0 Å². The van der Waals surface area contributed by atoms with Crippen LogP contribution in [0.5, 0.6) is 5.88 Å². The van der Waals surface area contributed by atoms with Crippen LogP contribution in [0.3, 0.4) is 0 Å². The van der Waals surface area contributed by atoms with Crippen LogP contribution in [0.4, 0.5) is 0 Å². The highest BCUT2D eigenvalue weighted by Crippen LogP contribution is 2.30. The fourth-order valence-electron chi connectivity index (χ4n) is 3.85. The molecule has 0 aliphatic carbocycles. The Hall–Kier alpha value is -1.57. The Bertz CT molecular complexity index is 824. The first kappa shape index (κ1) is 24.5. The zero-order valence-corrected chi connectivity index (χ0v) is 18.8. The highest BCUT2D eigenvalue weighted by atomic mass is 35.5. The number of carbonyl (C=O) groups is 1. The number of nitrogens with one attached hydrogen (secondary N) is 2. The number of hydrogen-bond acceptors (Lipinski definition) is 5. The van der Waals surface area contributed by atoms with Gasteiger partial charge in [0.1, 0.15) is 0 Å². The van der Waals surface area contributed by atoms with Crippen molar-refractivity contribution in [2.45, 2.75) is 46.1 Å². The maximum atomic E-state index is 12.5. The molecule has 9 heteroatoms. The van der Waals surface area contributed by atoms with Gasteiger partial charge in [0, 0.05) is 25.2 Å². The van der Waals surface area contributed by atoms with Gasteiger partial charge in [-0.15, -0.1) is 29.9 Å². The van der Waals surface area contributed by atoms with Crippen molar-refractivity contribution in [3.8, 4) is 5.88 Å². The summed E-state index contributed by atoms with van der Waals surface area (Å²) in [5, 5.41) is 11.9. The summed E-state index contributed by atoms with van der Waals surface area (Å²) in [5.41, 5.74) is 3.97. The summed E-state index contributed by atoms with van der Waals surface area (Å²) in [4.78, 5) is 17.1. The Balaban J connectivity index is 0.00000196. The van der Waals surface area contributed by atoms with E-state index < -0.39 is 0 Å². The van der Waals surface area contributed by atoms with Crippen molar-refractivity contribution in [1.82, 2.24) is 25.4 Å². The smallest absolute Gasteiger partial charge is 0.242 e. The molecule has 0 spiro atoms. The van der Waals surface area contributed by atoms with Crippen LogP contribution < -0.4 is 15.4 Å². The summed E-state index contributed by atoms with van der Waals surface area (Å²) in [5.74, 6) is 1.16. The second-order valence-corrected chi connectivity index (χ2v) is 7.28. The highest BCUT2D eigenvalue weighted by molar-refractivity contribution is 5.86. The molecule has 2 atom stereocenters. The van der Waals surface area contributed by atoms with Crippen LogP contribution in [-0.2, 0) is 18.3 Å². The van der Waals surface area contributed by atoms with Crippen molar-refractivity contribution in [3.05, 3.63) is 16.8 Å². The van der Waals surface area contributed by atoms with Gasteiger partial charge in [-0.05, 0) is 56.8 Å². The molecule has 3 heterocycles. The molecule has 1 aliphatic heterocycles. The van der Waals surface area contributed by atoms with Gasteiger partial charge in [-0.2, -0.15) is 0 Å². The lowest BCUT2D eigenvalue weighted by atomic mass is 9.95. The number of carbonyl (C=O) groups excluding carboxylic acids is 1. The van der Waals surface area contributed by atoms with Gasteiger partial charge in [-0.1, -0.05) is 6.92 Å². The minimum atomic E-state index is 0. The maximum Gasteiger partial charge on any atom is 0.242 e. The molecule has 1 amide bonds. The predicted molar refractivity (Wildman–Crippen MR) is 116 cm³/mol. The number of fused-ring (bicyclic) bond motifs is 1. The van der Waals surface area contributed by atoms with E-state index in [1.165, 1.54) is 0 Å². The molecule has 1 saturated heterocycles. The summed E-state index contributed by atoms with van der Waals surface area (Å²) < 4.78 is 7.14. The summed E-state index contributed by atoms with van der Waals surface area (Å²) in [7, 11) is 3.48. The minimum absolute atomic E-state index is 0. The Morgan fingerprint density at radius 2 is 2.07 bits per heavy atom. The zero-order chi connectivity index (χ0) is 18.8. The molecule has 2 aromatic heterocycles. The van der Waals surface area contributed by atoms with Crippen LogP contribution in [0.2, 0.25) is 0 Å². The first-order valence-corrected chi connectivity index (χ1v) is 9.29. The Kier molecular flexibility index (Phi) is 8.98. The van der Waals surface area contributed by atoms with E-state index in [2.05, 4.69) is 29.6 Å². The number of hydrogen-bond donors (Lipinski definition) is 2. The van der Waals surface area contributed by atoms with E-state index in [0.717, 1.165) is 47.4 Å². The van der Waals surface area contributed by atoms with E-state index in [0.29, 0.717) is 24.6 Å². The van der Waals surface area contributed by atoms with Crippen LogP contribution in [0.1, 0.15) is 36.6 Å². The molecular weight excluding hydrogens is 401 g/mol. The lowest BCUT2D eigenvalue weighted by molar-refractivity contribution is -0.122. The third-order valence-electron chi connectivity index (χ3n) is 5.45. The number of piperidine rings is 1. The molecule has 1 fully saturated rings. The molecule has 28 heavy (non-hydrogen) atoms. The third-order valence-corrected chi connectivity index (χ3v) is 5.45. The average molecular weight is 432 g/mol. The molecule has 3 rings (SSSR count). The molecular formula is C19H31Cl2N5O2. The molecule has 2 unspecified atom stereocenters. The van der Waals surface area contributed by atoms with E-state index in [-0.39, 0.29) is 36.8 Å². The number of pyridine rings is 1. The molecule has 2 aromatic rings. The van der Waals surface area contributed by atoms with Crippen molar-refractivity contribution in [2.75, 3.05) is 20.2 Å². The Morgan fingerprint density at radius 1 is 1.36 bits per heavy atom. The number of halogens is 2. The average Bonchev–Trinajstić information content (AvgIpc) is 2.93. The predicted octanol–water partition coefficient (Wildman–Crippen LogP) is 2.48. The number of amides is 1. The first-order valence-electron chi connectivity index (χ1n) is 9.29. The number of aromatic nitrogens is 3. The van der Waals surface area contributed by atoms with Crippen LogP contribution >= 0.6 is 24.8 Å². The molecule has 0 radical (unpaired) electrons. The fourth-order valence-corrected chi connectivity index (χ4v) is 3.85. The summed E-state index contributed by atoms with van der Waals surface area (Å²) in [6.07, 6.45) is 2.13. The lowest BCUT2D eigenvalue weighted by Crippen LogP contribution is -2.48. The maximum absolute atomic E-state index is 12.5. The normalized spacial score (nSPS) is 18.9. The monoisotopic (exact) mass is 431 g/mol. The van der Waals surface area contributed by atoms with Crippen molar-refractivity contribution in [1.29, 1.82) is 0 Å². The van der Waals surface area contributed by atoms with Gasteiger partial charge in [-0.3, -0.25) is 4.79 Å². The van der Waals surface area contributed by atoms with E-state index in [1.807, 2.05) is 14.0 Å². The SMILES string of the molecule is COc1nn(C)c2nc(C)c(CCC(=O)NC3CCNCC3C)c(C)c12.Cl.Cl. The first-order chi connectivity index (χ1) is 12.4. The Labute approximate surface area is 178 Å². The second-order valence-electron chi connectivity index (χ2n) is 7.28. The van der Waals surface area contributed by atoms with Crippen LogP contribution in [0, 0.1) is 19.8 Å². The minimum Gasteiger partial charge on any atom is -0.479 e. The van der Waals surface area contributed by atoms with Crippen molar-refractivity contribution in [2.24, 2.45) is 13.0 Å². The molecule has 0 bridgehead atoms. The number of nitrogens with zero attached hydrogens (tertiary/aromatic N) is 3. The quantitative estimate of drug-likeness (QED) is 0.759. The number of aryl methyl sites for hydroxylation is 3. The van der Waals surface area contributed by atoms with Gasteiger partial charge in [0.25, 0.3) is 0 Å². The highest BCUT2D eigenvalue weighted by Gasteiger charge is 2.23. The molecule has 7 nitrogen and oxygen atoms in total. The zero-order valence-electron chi connectivity index (χ0n) is 17.2. The van der Waals surface area contributed by atoms with Gasteiger partial charge in [-0.25, -0.2) is 9.67 Å². The van der Waals surface area contributed by atoms with Crippen LogP contribution in [0.25, 0.3) is 11.0 Å². The molecule has 1 aliphatic rings. The van der Waals surface area contributed by atoms with Crippen molar-refractivity contribution < 1.29 is 9.53 Å². The topological polar surface area (TPSA) is 81.1 Å². The number of ether oxygens (including phenoxy) is 1. The third kappa shape index (κ3) is 4.88. The summed E-state index contributed by atoms with van der Waals surface area (Å²) in [6, 6.07) is 0.268. The summed E-state index contributed by atoms with van der Waals surface area (Å²) in [6.45, 7) is 8.16. The standard InChI is InChI=1S/C19H29N5O2.2ClH/c1-11-10-20-9-8-15(11)22-16(25)7-6-14-12(2)17-18(21-13(14)3)24(4)23-19(17)26-5;;/h11,15,20H,6-10H2,1-5H3,(H,22,25);2*1H. The van der Waals surface area contributed by atoms with E-state index in [1.54, 1.807) is 11.8 Å². The van der Waals surface area contributed by atoms with Crippen LogP contribution in [0.15, 0.2) is 0 Å². The van der Waals surface area contributed by atoms with Gasteiger partial charge in [0.15, 0.2) is 5.65 Å². The van der Waals surface area contributed by atoms with Gasteiger partial charge in [0.2, 0.25) is 11.8 Å². The molecule has 0 aromatic carbocycles. The van der Waals surface area contributed by atoms with Crippen LogP contribution in [-0.4, -0.2) is 46.9 Å². The van der Waals surface area contributed by atoms with Gasteiger partial charge >= 0.3 is 0 Å². The second kappa shape index (κ2) is 10.3. The number of rotatable bonds is 5. The van der Waals surface area contributed by atoms with E-state index in [4.69, 9.17) is 9.72 Å². The van der Waals surface area contributed by atoms with E-state index >= 15 is 0 Å².